The van der Waals surface area contributed by atoms with Gasteiger partial charge in [-0.05, 0) is 31.0 Å². The molecule has 4 nitrogen and oxygen atoms in total. The molecule has 0 heterocycles. The van der Waals surface area contributed by atoms with Crippen LogP contribution in [0.5, 0.6) is 11.5 Å². The Morgan fingerprint density at radius 3 is 2.55 bits per heavy atom. The van der Waals surface area contributed by atoms with Gasteiger partial charge in [0.05, 0.1) is 27.4 Å². The predicted octanol–water partition coefficient (Wildman–Crippen LogP) is 2.92. The summed E-state index contributed by atoms with van der Waals surface area (Å²) in [6.45, 7) is 5.42. The molecule has 0 saturated carbocycles. The van der Waals surface area contributed by atoms with Crippen molar-refractivity contribution in [2.45, 2.75) is 19.8 Å². The smallest absolute Gasteiger partial charge is 0.144 e. The maximum atomic E-state index is 6.21. The molecule has 114 valence electrons. The van der Waals surface area contributed by atoms with Crippen molar-refractivity contribution >= 4 is 11.6 Å². The lowest BCUT2D eigenvalue weighted by Gasteiger charge is -2.13. The number of halogens is 1. The summed E-state index contributed by atoms with van der Waals surface area (Å²) < 4.78 is 16.1. The van der Waals surface area contributed by atoms with E-state index in [1.807, 2.05) is 12.1 Å². The van der Waals surface area contributed by atoms with Gasteiger partial charge in [-0.2, -0.15) is 0 Å². The zero-order valence-corrected chi connectivity index (χ0v) is 13.3. The highest BCUT2D eigenvalue weighted by molar-refractivity contribution is 6.33. The molecule has 0 aliphatic carbocycles. The lowest BCUT2D eigenvalue weighted by molar-refractivity contribution is 0.138. The summed E-state index contributed by atoms with van der Waals surface area (Å²) in [6.07, 6.45) is 1.90. The highest BCUT2D eigenvalue weighted by Crippen LogP contribution is 2.36. The zero-order chi connectivity index (χ0) is 14.8. The minimum absolute atomic E-state index is 0.511. The number of nitrogens with one attached hydrogen (secondary N) is 1. The zero-order valence-electron chi connectivity index (χ0n) is 12.5. The average Bonchev–Trinajstić information content (AvgIpc) is 2.46. The van der Waals surface area contributed by atoms with E-state index in [4.69, 9.17) is 25.8 Å². The number of benzene rings is 1. The largest absolute Gasteiger partial charge is 0.495 e. The molecule has 20 heavy (non-hydrogen) atoms. The van der Waals surface area contributed by atoms with E-state index in [1.54, 1.807) is 14.2 Å². The number of ether oxygens (including phenoxy) is 3. The van der Waals surface area contributed by atoms with Gasteiger partial charge in [0.15, 0.2) is 0 Å². The molecule has 1 N–H and O–H groups in total. The standard InChI is InChI=1S/C15H24ClNO3/c1-4-8-17-9-11-20-10-7-12-5-6-13(18-2)14(16)15(12)19-3/h5-6,17H,4,7-11H2,1-3H3. The summed E-state index contributed by atoms with van der Waals surface area (Å²) in [5.41, 5.74) is 1.03. The summed E-state index contributed by atoms with van der Waals surface area (Å²) >= 11 is 6.21. The van der Waals surface area contributed by atoms with Crippen molar-refractivity contribution in [2.24, 2.45) is 0 Å². The van der Waals surface area contributed by atoms with Gasteiger partial charge < -0.3 is 19.5 Å². The Balaban J connectivity index is 2.42. The monoisotopic (exact) mass is 301 g/mol. The van der Waals surface area contributed by atoms with Crippen LogP contribution in [-0.2, 0) is 11.2 Å². The molecule has 0 radical (unpaired) electrons. The Kier molecular flexibility index (Phi) is 8.42. The molecule has 5 heteroatoms. The first kappa shape index (κ1) is 17.1. The van der Waals surface area contributed by atoms with E-state index in [1.165, 1.54) is 0 Å². The number of methoxy groups -OCH3 is 2. The average molecular weight is 302 g/mol. The SMILES string of the molecule is CCCNCCOCCc1ccc(OC)c(Cl)c1OC. The fraction of sp³-hybridized carbons (Fsp3) is 0.600. The molecule has 0 aliphatic heterocycles. The normalized spacial score (nSPS) is 10.6. The van der Waals surface area contributed by atoms with Crippen molar-refractivity contribution in [3.05, 3.63) is 22.7 Å². The van der Waals surface area contributed by atoms with E-state index < -0.39 is 0 Å². The molecule has 0 amide bonds. The Bertz CT molecular complexity index is 399. The first-order valence-electron chi connectivity index (χ1n) is 6.92. The van der Waals surface area contributed by atoms with Gasteiger partial charge in [0, 0.05) is 6.54 Å². The molecule has 0 unspecified atom stereocenters. The molecule has 0 aliphatic rings. The van der Waals surface area contributed by atoms with Crippen LogP contribution in [-0.4, -0.2) is 40.5 Å². The minimum atomic E-state index is 0.511. The van der Waals surface area contributed by atoms with Gasteiger partial charge in [-0.3, -0.25) is 0 Å². The number of hydrogen-bond donors (Lipinski definition) is 1. The van der Waals surface area contributed by atoms with Crippen LogP contribution in [0.2, 0.25) is 5.02 Å². The quantitative estimate of drug-likeness (QED) is 0.675. The van der Waals surface area contributed by atoms with E-state index in [-0.39, 0.29) is 0 Å². The highest BCUT2D eigenvalue weighted by atomic mass is 35.5. The second kappa shape index (κ2) is 9.86. The molecular weight excluding hydrogens is 278 g/mol. The fourth-order valence-electron chi connectivity index (χ4n) is 1.88. The lowest BCUT2D eigenvalue weighted by Crippen LogP contribution is -2.20. The molecule has 1 aromatic carbocycles. The van der Waals surface area contributed by atoms with E-state index in [2.05, 4.69) is 12.2 Å². The summed E-state index contributed by atoms with van der Waals surface area (Å²) in [4.78, 5) is 0. The van der Waals surface area contributed by atoms with Crippen molar-refractivity contribution in [1.82, 2.24) is 5.32 Å². The van der Waals surface area contributed by atoms with Gasteiger partial charge in [0.25, 0.3) is 0 Å². The van der Waals surface area contributed by atoms with Crippen LogP contribution < -0.4 is 14.8 Å². The van der Waals surface area contributed by atoms with Gasteiger partial charge in [0.2, 0.25) is 0 Å². The fourth-order valence-corrected chi connectivity index (χ4v) is 2.22. The topological polar surface area (TPSA) is 39.7 Å². The number of rotatable bonds is 10. The van der Waals surface area contributed by atoms with Crippen LogP contribution in [0.4, 0.5) is 0 Å². The van der Waals surface area contributed by atoms with Gasteiger partial charge in [0.1, 0.15) is 16.5 Å². The van der Waals surface area contributed by atoms with Crippen LogP contribution in [0.3, 0.4) is 0 Å². The maximum absolute atomic E-state index is 6.21. The Morgan fingerprint density at radius 1 is 1.10 bits per heavy atom. The summed E-state index contributed by atoms with van der Waals surface area (Å²) in [5, 5.41) is 3.80. The van der Waals surface area contributed by atoms with Crippen LogP contribution in [0.1, 0.15) is 18.9 Å². The Morgan fingerprint density at radius 2 is 1.90 bits per heavy atom. The van der Waals surface area contributed by atoms with E-state index in [0.29, 0.717) is 29.7 Å². The lowest BCUT2D eigenvalue weighted by atomic mass is 10.1. The third kappa shape index (κ3) is 5.19. The van der Waals surface area contributed by atoms with Crippen LogP contribution in [0.25, 0.3) is 0 Å². The highest BCUT2D eigenvalue weighted by Gasteiger charge is 2.12. The number of hydrogen-bond acceptors (Lipinski definition) is 4. The molecule has 1 aromatic rings. The third-order valence-corrected chi connectivity index (χ3v) is 3.29. The van der Waals surface area contributed by atoms with E-state index >= 15 is 0 Å². The van der Waals surface area contributed by atoms with E-state index in [9.17, 15) is 0 Å². The van der Waals surface area contributed by atoms with Crippen molar-refractivity contribution in [3.8, 4) is 11.5 Å². The second-order valence-corrected chi connectivity index (χ2v) is 4.76. The summed E-state index contributed by atoms with van der Waals surface area (Å²) in [7, 11) is 3.20. The van der Waals surface area contributed by atoms with Gasteiger partial charge in [-0.25, -0.2) is 0 Å². The van der Waals surface area contributed by atoms with Crippen molar-refractivity contribution in [1.29, 1.82) is 0 Å². The van der Waals surface area contributed by atoms with Crippen LogP contribution >= 0.6 is 11.6 Å². The second-order valence-electron chi connectivity index (χ2n) is 4.39. The molecule has 0 bridgehead atoms. The van der Waals surface area contributed by atoms with Crippen molar-refractivity contribution < 1.29 is 14.2 Å². The van der Waals surface area contributed by atoms with Gasteiger partial charge in [-0.1, -0.05) is 24.6 Å². The predicted molar refractivity (Wildman–Crippen MR) is 82.2 cm³/mol. The molecule has 0 aromatic heterocycles. The first-order valence-corrected chi connectivity index (χ1v) is 7.30. The van der Waals surface area contributed by atoms with Crippen LogP contribution in [0, 0.1) is 0 Å². The molecular formula is C15H24ClNO3. The molecule has 0 atom stereocenters. The third-order valence-electron chi connectivity index (χ3n) is 2.93. The summed E-state index contributed by atoms with van der Waals surface area (Å²) in [6, 6.07) is 3.81. The Hall–Kier alpha value is -0.970. The van der Waals surface area contributed by atoms with E-state index in [0.717, 1.165) is 31.5 Å². The maximum Gasteiger partial charge on any atom is 0.144 e. The molecule has 0 fully saturated rings. The summed E-state index contributed by atoms with van der Waals surface area (Å²) in [5.74, 6) is 1.29. The van der Waals surface area contributed by atoms with Gasteiger partial charge in [-0.15, -0.1) is 0 Å². The van der Waals surface area contributed by atoms with Crippen molar-refractivity contribution in [3.63, 3.8) is 0 Å². The van der Waals surface area contributed by atoms with Gasteiger partial charge >= 0.3 is 0 Å². The van der Waals surface area contributed by atoms with Crippen LogP contribution in [0.15, 0.2) is 12.1 Å². The Labute approximate surface area is 126 Å². The minimum Gasteiger partial charge on any atom is -0.495 e. The molecule has 0 spiro atoms. The molecule has 0 saturated heterocycles. The van der Waals surface area contributed by atoms with Crippen molar-refractivity contribution in [2.75, 3.05) is 40.5 Å². The molecule has 1 rings (SSSR count). The first-order chi connectivity index (χ1) is 9.74.